The fourth-order valence-electron chi connectivity index (χ4n) is 2.72. The first kappa shape index (κ1) is 13.2. The summed E-state index contributed by atoms with van der Waals surface area (Å²) in [6.45, 7) is 8.44. The standard InChI is InChI=1S/C15H23NO2/c1-11(17)14-12(6-5-7-13(14)18-4)16-9-8-15(2,3)10-16/h5-7,11,17H,8-10H2,1-4H3/t11-/m1/s1. The summed E-state index contributed by atoms with van der Waals surface area (Å²) in [4.78, 5) is 2.35. The normalized spacial score (nSPS) is 19.9. The van der Waals surface area contributed by atoms with Gasteiger partial charge in [0.05, 0.1) is 13.2 Å². The van der Waals surface area contributed by atoms with Crippen LogP contribution >= 0.6 is 0 Å². The van der Waals surface area contributed by atoms with Crippen molar-refractivity contribution in [3.8, 4) is 5.75 Å². The molecule has 1 aliphatic heterocycles. The van der Waals surface area contributed by atoms with Crippen LogP contribution in [0.5, 0.6) is 5.75 Å². The van der Waals surface area contributed by atoms with Gasteiger partial charge in [0.25, 0.3) is 0 Å². The molecule has 2 rings (SSSR count). The molecule has 0 radical (unpaired) electrons. The molecule has 0 aromatic heterocycles. The zero-order valence-electron chi connectivity index (χ0n) is 11.7. The number of ether oxygens (including phenoxy) is 1. The van der Waals surface area contributed by atoms with E-state index in [9.17, 15) is 5.11 Å². The molecule has 0 amide bonds. The van der Waals surface area contributed by atoms with E-state index in [2.05, 4.69) is 24.8 Å². The molecule has 1 atom stereocenters. The van der Waals surface area contributed by atoms with E-state index in [1.807, 2.05) is 12.1 Å². The van der Waals surface area contributed by atoms with Crippen molar-refractivity contribution in [2.45, 2.75) is 33.3 Å². The second-order valence-electron chi connectivity index (χ2n) is 5.90. The average molecular weight is 249 g/mol. The Bertz CT molecular complexity index is 427. The zero-order valence-corrected chi connectivity index (χ0v) is 11.7. The van der Waals surface area contributed by atoms with Gasteiger partial charge < -0.3 is 14.7 Å². The van der Waals surface area contributed by atoms with E-state index in [1.54, 1.807) is 14.0 Å². The largest absolute Gasteiger partial charge is 0.496 e. The number of methoxy groups -OCH3 is 1. The van der Waals surface area contributed by atoms with Crippen LogP contribution in [0.25, 0.3) is 0 Å². The molecule has 0 spiro atoms. The van der Waals surface area contributed by atoms with Crippen LogP contribution in [0.3, 0.4) is 0 Å². The van der Waals surface area contributed by atoms with Gasteiger partial charge >= 0.3 is 0 Å². The number of benzene rings is 1. The lowest BCUT2D eigenvalue weighted by Gasteiger charge is -2.26. The average Bonchev–Trinajstić information content (AvgIpc) is 2.68. The Hall–Kier alpha value is -1.22. The SMILES string of the molecule is COc1cccc(N2CCC(C)(C)C2)c1[C@@H](C)O. The predicted molar refractivity (Wildman–Crippen MR) is 74.2 cm³/mol. The first-order chi connectivity index (χ1) is 8.44. The van der Waals surface area contributed by atoms with E-state index >= 15 is 0 Å². The Morgan fingerprint density at radius 3 is 2.61 bits per heavy atom. The lowest BCUT2D eigenvalue weighted by atomic mass is 9.93. The highest BCUT2D eigenvalue weighted by molar-refractivity contribution is 5.61. The van der Waals surface area contributed by atoms with Gasteiger partial charge in [-0.2, -0.15) is 0 Å². The van der Waals surface area contributed by atoms with Crippen molar-refractivity contribution in [1.82, 2.24) is 0 Å². The number of aliphatic hydroxyl groups is 1. The van der Waals surface area contributed by atoms with Gasteiger partial charge in [0, 0.05) is 24.3 Å². The number of anilines is 1. The van der Waals surface area contributed by atoms with Gasteiger partial charge in [-0.25, -0.2) is 0 Å². The van der Waals surface area contributed by atoms with Crippen LogP contribution in [0.15, 0.2) is 18.2 Å². The Morgan fingerprint density at radius 1 is 1.39 bits per heavy atom. The summed E-state index contributed by atoms with van der Waals surface area (Å²) in [5.74, 6) is 0.771. The van der Waals surface area contributed by atoms with Crippen molar-refractivity contribution >= 4 is 5.69 Å². The van der Waals surface area contributed by atoms with Crippen LogP contribution < -0.4 is 9.64 Å². The van der Waals surface area contributed by atoms with Gasteiger partial charge in [0.2, 0.25) is 0 Å². The molecule has 0 saturated carbocycles. The monoisotopic (exact) mass is 249 g/mol. The molecule has 100 valence electrons. The molecule has 1 heterocycles. The van der Waals surface area contributed by atoms with Gasteiger partial charge in [-0.3, -0.25) is 0 Å². The van der Waals surface area contributed by atoms with E-state index in [0.717, 1.165) is 30.1 Å². The minimum atomic E-state index is -0.514. The van der Waals surface area contributed by atoms with Crippen LogP contribution in [0.2, 0.25) is 0 Å². The molecule has 0 bridgehead atoms. The molecule has 1 aliphatic rings. The van der Waals surface area contributed by atoms with Crippen LogP contribution in [-0.4, -0.2) is 25.3 Å². The first-order valence-corrected chi connectivity index (χ1v) is 6.54. The van der Waals surface area contributed by atoms with Gasteiger partial charge in [-0.15, -0.1) is 0 Å². The minimum Gasteiger partial charge on any atom is -0.496 e. The lowest BCUT2D eigenvalue weighted by Crippen LogP contribution is -2.24. The van der Waals surface area contributed by atoms with Crippen molar-refractivity contribution in [2.24, 2.45) is 5.41 Å². The smallest absolute Gasteiger partial charge is 0.126 e. The minimum absolute atomic E-state index is 0.346. The predicted octanol–water partition coefficient (Wildman–Crippen LogP) is 2.98. The molecule has 1 saturated heterocycles. The van der Waals surface area contributed by atoms with E-state index < -0.39 is 6.10 Å². The summed E-state index contributed by atoms with van der Waals surface area (Å²) >= 11 is 0. The molecule has 1 fully saturated rings. The van der Waals surface area contributed by atoms with Crippen molar-refractivity contribution in [3.63, 3.8) is 0 Å². The Kier molecular flexibility index (Phi) is 3.53. The van der Waals surface area contributed by atoms with Crippen LogP contribution in [0, 0.1) is 5.41 Å². The highest BCUT2D eigenvalue weighted by Gasteiger charge is 2.31. The number of hydrogen-bond donors (Lipinski definition) is 1. The highest BCUT2D eigenvalue weighted by atomic mass is 16.5. The molecule has 1 N–H and O–H groups in total. The topological polar surface area (TPSA) is 32.7 Å². The van der Waals surface area contributed by atoms with E-state index in [0.29, 0.717) is 5.41 Å². The van der Waals surface area contributed by atoms with Gasteiger partial charge in [-0.1, -0.05) is 19.9 Å². The van der Waals surface area contributed by atoms with Crippen LogP contribution in [0.1, 0.15) is 38.9 Å². The third-order valence-electron chi connectivity index (χ3n) is 3.70. The maximum atomic E-state index is 10.0. The summed E-state index contributed by atoms with van der Waals surface area (Å²) in [6.07, 6.45) is 0.670. The third-order valence-corrected chi connectivity index (χ3v) is 3.70. The van der Waals surface area contributed by atoms with Crippen molar-refractivity contribution < 1.29 is 9.84 Å². The first-order valence-electron chi connectivity index (χ1n) is 6.54. The fraction of sp³-hybridized carbons (Fsp3) is 0.600. The van der Waals surface area contributed by atoms with Crippen molar-refractivity contribution in [1.29, 1.82) is 0 Å². The molecule has 0 unspecified atom stereocenters. The Morgan fingerprint density at radius 2 is 2.11 bits per heavy atom. The molecule has 3 heteroatoms. The number of nitrogens with zero attached hydrogens (tertiary/aromatic N) is 1. The Labute approximate surface area is 109 Å². The highest BCUT2D eigenvalue weighted by Crippen LogP contribution is 2.39. The molecule has 1 aromatic carbocycles. The van der Waals surface area contributed by atoms with Gasteiger partial charge in [0.1, 0.15) is 5.75 Å². The number of rotatable bonds is 3. The van der Waals surface area contributed by atoms with E-state index in [-0.39, 0.29) is 0 Å². The number of hydrogen-bond acceptors (Lipinski definition) is 3. The summed E-state index contributed by atoms with van der Waals surface area (Å²) in [5.41, 5.74) is 2.35. The molecule has 3 nitrogen and oxygen atoms in total. The Balaban J connectivity index is 2.39. The molecular weight excluding hydrogens is 226 g/mol. The van der Waals surface area contributed by atoms with E-state index in [1.165, 1.54) is 6.42 Å². The molecular formula is C15H23NO2. The van der Waals surface area contributed by atoms with E-state index in [4.69, 9.17) is 4.74 Å². The zero-order chi connectivity index (χ0) is 13.3. The summed E-state index contributed by atoms with van der Waals surface area (Å²) in [6, 6.07) is 5.98. The van der Waals surface area contributed by atoms with Gasteiger partial charge in [0.15, 0.2) is 0 Å². The fourth-order valence-corrected chi connectivity index (χ4v) is 2.72. The third kappa shape index (κ3) is 2.46. The molecule has 1 aromatic rings. The second-order valence-corrected chi connectivity index (χ2v) is 5.90. The van der Waals surface area contributed by atoms with Crippen LogP contribution in [-0.2, 0) is 0 Å². The quantitative estimate of drug-likeness (QED) is 0.894. The molecule has 18 heavy (non-hydrogen) atoms. The summed E-state index contributed by atoms with van der Waals surface area (Å²) in [7, 11) is 1.65. The maximum Gasteiger partial charge on any atom is 0.126 e. The lowest BCUT2D eigenvalue weighted by molar-refractivity contribution is 0.194. The van der Waals surface area contributed by atoms with Crippen molar-refractivity contribution in [3.05, 3.63) is 23.8 Å². The van der Waals surface area contributed by atoms with Crippen molar-refractivity contribution in [2.75, 3.05) is 25.1 Å². The summed E-state index contributed by atoms with van der Waals surface area (Å²) in [5, 5.41) is 10.0. The number of aliphatic hydroxyl groups excluding tert-OH is 1. The second kappa shape index (κ2) is 4.81. The summed E-state index contributed by atoms with van der Waals surface area (Å²) < 4.78 is 5.37. The van der Waals surface area contributed by atoms with Crippen LogP contribution in [0.4, 0.5) is 5.69 Å². The molecule has 0 aliphatic carbocycles. The maximum absolute atomic E-state index is 10.0. The van der Waals surface area contributed by atoms with Gasteiger partial charge in [-0.05, 0) is 30.9 Å².